The number of carbonyl (C=O) groups excluding carboxylic acids is 1. The van der Waals surface area contributed by atoms with E-state index in [9.17, 15) is 19.7 Å². The predicted octanol–water partition coefficient (Wildman–Crippen LogP) is 4.17. The molecule has 3 aliphatic heterocycles. The summed E-state index contributed by atoms with van der Waals surface area (Å²) >= 11 is 1.17. The van der Waals surface area contributed by atoms with E-state index < -0.39 is 16.9 Å². The van der Waals surface area contributed by atoms with Gasteiger partial charge in [0.25, 0.3) is 11.2 Å². The van der Waals surface area contributed by atoms with Crippen molar-refractivity contribution in [1.82, 2.24) is 4.57 Å². The third-order valence-corrected chi connectivity index (χ3v) is 9.02. The second kappa shape index (κ2) is 11.7. The molecule has 1 unspecified atom stereocenters. The van der Waals surface area contributed by atoms with Crippen molar-refractivity contribution in [2.24, 2.45) is 4.99 Å². The van der Waals surface area contributed by atoms with Gasteiger partial charge in [0.05, 0.1) is 33.4 Å². The smallest absolute Gasteiger partial charge is 0.338 e. The second-order valence-electron chi connectivity index (χ2n) is 10.7. The molecule has 0 spiro atoms. The Morgan fingerprint density at radius 1 is 1.09 bits per heavy atom. The highest BCUT2D eigenvalue weighted by Crippen LogP contribution is 2.40. The number of rotatable bonds is 7. The summed E-state index contributed by atoms with van der Waals surface area (Å²) in [7, 11) is 0. The minimum Gasteiger partial charge on any atom is -0.463 e. The first-order valence-electron chi connectivity index (χ1n) is 14.6. The maximum Gasteiger partial charge on any atom is 0.338 e. The maximum atomic E-state index is 14.4. The number of thiazole rings is 1. The number of benzene rings is 3. The van der Waals surface area contributed by atoms with Crippen LogP contribution in [0.5, 0.6) is 11.5 Å². The summed E-state index contributed by atoms with van der Waals surface area (Å²) in [5.74, 6) is 0.478. The van der Waals surface area contributed by atoms with Crippen LogP contribution in [0.3, 0.4) is 0 Å². The molecule has 0 amide bonds. The lowest BCUT2D eigenvalue weighted by Crippen LogP contribution is -2.40. The van der Waals surface area contributed by atoms with Crippen molar-refractivity contribution in [3.63, 3.8) is 0 Å². The fourth-order valence-electron chi connectivity index (χ4n) is 6.00. The largest absolute Gasteiger partial charge is 0.463 e. The topological polar surface area (TPSA) is 126 Å². The zero-order valence-electron chi connectivity index (χ0n) is 24.3. The van der Waals surface area contributed by atoms with E-state index >= 15 is 0 Å². The van der Waals surface area contributed by atoms with Gasteiger partial charge in [0.15, 0.2) is 16.3 Å². The molecule has 11 nitrogen and oxygen atoms in total. The number of nitro benzene ring substituents is 1. The molecule has 228 valence electrons. The zero-order valence-corrected chi connectivity index (χ0v) is 25.1. The number of non-ortho nitro benzene ring substituents is 1. The number of anilines is 1. The van der Waals surface area contributed by atoms with E-state index in [1.807, 2.05) is 30.3 Å². The first-order valence-corrected chi connectivity index (χ1v) is 15.5. The monoisotopic (exact) mass is 624 g/mol. The molecule has 0 radical (unpaired) electrons. The van der Waals surface area contributed by atoms with E-state index in [2.05, 4.69) is 4.90 Å². The molecule has 3 aliphatic rings. The number of aromatic nitrogens is 1. The standard InChI is InChI=1S/C33H28N4O7S/c1-2-42-32(39)28-29(20-8-4-3-5-9-20)34-33-36(30(28)21-10-13-25-26(17-21)44-19-43-25)31(38)27(45-33)18-22-16-23(37(40)41)11-12-24(22)35-14-6-7-15-35/h3-5,8-13,16-18,30H,2,6-7,14-15,19H2,1H3/b27-18+. The van der Waals surface area contributed by atoms with E-state index in [4.69, 9.17) is 19.2 Å². The van der Waals surface area contributed by atoms with E-state index in [1.165, 1.54) is 28.0 Å². The Hall–Kier alpha value is -5.23. The van der Waals surface area contributed by atoms with Gasteiger partial charge >= 0.3 is 5.97 Å². The molecule has 0 bridgehead atoms. The molecule has 1 fully saturated rings. The Kier molecular flexibility index (Phi) is 7.42. The minimum absolute atomic E-state index is 0.0637. The molecule has 4 aromatic rings. The Labute approximate surface area is 261 Å². The number of esters is 1. The summed E-state index contributed by atoms with van der Waals surface area (Å²) in [6.45, 7) is 3.58. The number of ether oxygens (including phenoxy) is 3. The zero-order chi connectivity index (χ0) is 31.1. The Morgan fingerprint density at radius 2 is 1.87 bits per heavy atom. The molecule has 12 heteroatoms. The van der Waals surface area contributed by atoms with Crippen molar-refractivity contribution in [3.8, 4) is 11.5 Å². The quantitative estimate of drug-likeness (QED) is 0.170. The van der Waals surface area contributed by atoms with Gasteiger partial charge in [-0.05, 0) is 49.6 Å². The first kappa shape index (κ1) is 28.5. The van der Waals surface area contributed by atoms with Crippen LogP contribution in [0.15, 0.2) is 82.1 Å². The van der Waals surface area contributed by atoms with Gasteiger partial charge in [-0.1, -0.05) is 47.7 Å². The molecule has 3 aromatic carbocycles. The van der Waals surface area contributed by atoms with Crippen LogP contribution in [-0.2, 0) is 9.53 Å². The average molecular weight is 625 g/mol. The summed E-state index contributed by atoms with van der Waals surface area (Å²) < 4.78 is 18.5. The van der Waals surface area contributed by atoms with Gasteiger partial charge < -0.3 is 19.1 Å². The number of nitro groups is 1. The van der Waals surface area contributed by atoms with Crippen LogP contribution in [0.4, 0.5) is 11.4 Å². The maximum absolute atomic E-state index is 14.4. The van der Waals surface area contributed by atoms with Crippen molar-refractivity contribution >= 4 is 40.5 Å². The molecule has 45 heavy (non-hydrogen) atoms. The van der Waals surface area contributed by atoms with Gasteiger partial charge in [-0.25, -0.2) is 9.79 Å². The molecule has 0 aliphatic carbocycles. The van der Waals surface area contributed by atoms with Crippen LogP contribution in [0.25, 0.3) is 11.8 Å². The highest BCUT2D eigenvalue weighted by Gasteiger charge is 2.36. The van der Waals surface area contributed by atoms with Crippen LogP contribution in [-0.4, -0.2) is 41.9 Å². The van der Waals surface area contributed by atoms with Crippen LogP contribution in [0.2, 0.25) is 0 Å². The summed E-state index contributed by atoms with van der Waals surface area (Å²) in [4.78, 5) is 46.8. The lowest BCUT2D eigenvalue weighted by atomic mass is 9.93. The van der Waals surface area contributed by atoms with E-state index in [1.54, 1.807) is 37.3 Å². The third-order valence-electron chi connectivity index (χ3n) is 8.04. The fraction of sp³-hybridized carbons (Fsp3) is 0.242. The molecular weight excluding hydrogens is 596 g/mol. The van der Waals surface area contributed by atoms with Gasteiger partial charge in [-0.15, -0.1) is 0 Å². The molecule has 4 heterocycles. The molecular formula is C33H28N4O7S. The second-order valence-corrected chi connectivity index (χ2v) is 11.7. The Morgan fingerprint density at radius 3 is 2.62 bits per heavy atom. The van der Waals surface area contributed by atoms with Crippen molar-refractivity contribution in [2.45, 2.75) is 25.8 Å². The van der Waals surface area contributed by atoms with E-state index in [0.29, 0.717) is 43.2 Å². The van der Waals surface area contributed by atoms with E-state index in [-0.39, 0.29) is 30.2 Å². The SMILES string of the molecule is CCOC(=O)C1=C(c2ccccc2)N=c2s/c(=C/c3cc([N+](=O)[O-])ccc3N3CCCC3)c(=O)n2C1c1ccc2c(c1)OCO2. The van der Waals surface area contributed by atoms with Gasteiger partial charge in [-0.3, -0.25) is 19.5 Å². The first-order chi connectivity index (χ1) is 21.9. The van der Waals surface area contributed by atoms with Gasteiger partial charge in [0.2, 0.25) is 6.79 Å². The molecule has 0 N–H and O–H groups in total. The van der Waals surface area contributed by atoms with Gasteiger partial charge in [-0.2, -0.15) is 0 Å². The summed E-state index contributed by atoms with van der Waals surface area (Å²) in [5.41, 5.74) is 2.88. The van der Waals surface area contributed by atoms with E-state index in [0.717, 1.165) is 31.6 Å². The number of hydrogen-bond donors (Lipinski definition) is 0. The number of nitrogens with zero attached hydrogens (tertiary/aromatic N) is 4. The van der Waals surface area contributed by atoms with Crippen LogP contribution in [0.1, 0.15) is 42.5 Å². The third kappa shape index (κ3) is 5.16. The summed E-state index contributed by atoms with van der Waals surface area (Å²) in [6.07, 6.45) is 3.73. The molecule has 1 aromatic heterocycles. The lowest BCUT2D eigenvalue weighted by Gasteiger charge is -2.26. The van der Waals surface area contributed by atoms with Crippen LogP contribution >= 0.6 is 11.3 Å². The van der Waals surface area contributed by atoms with Gasteiger partial charge in [0, 0.05) is 42.0 Å². The minimum atomic E-state index is -0.893. The van der Waals surface area contributed by atoms with Crippen LogP contribution in [0, 0.1) is 10.1 Å². The Balaban J connectivity index is 1.49. The predicted molar refractivity (Wildman–Crippen MR) is 168 cm³/mol. The molecule has 1 saturated heterocycles. The van der Waals surface area contributed by atoms with Crippen LogP contribution < -0.4 is 29.3 Å². The van der Waals surface area contributed by atoms with Crippen molar-refractivity contribution in [1.29, 1.82) is 0 Å². The van der Waals surface area contributed by atoms with Crippen molar-refractivity contribution in [2.75, 3.05) is 31.4 Å². The summed E-state index contributed by atoms with van der Waals surface area (Å²) in [6, 6.07) is 18.5. The molecule has 1 atom stereocenters. The van der Waals surface area contributed by atoms with Crippen molar-refractivity contribution in [3.05, 3.63) is 119 Å². The Bertz CT molecular complexity index is 2050. The normalized spacial score (nSPS) is 17.3. The molecule has 7 rings (SSSR count). The number of hydrogen-bond acceptors (Lipinski definition) is 10. The lowest BCUT2D eigenvalue weighted by molar-refractivity contribution is -0.384. The number of fused-ring (bicyclic) bond motifs is 2. The summed E-state index contributed by atoms with van der Waals surface area (Å²) in [5, 5.41) is 11.7. The average Bonchev–Trinajstić information content (AvgIpc) is 3.82. The molecule has 0 saturated carbocycles. The van der Waals surface area contributed by atoms with Gasteiger partial charge in [0.1, 0.15) is 0 Å². The highest BCUT2D eigenvalue weighted by molar-refractivity contribution is 7.07. The highest BCUT2D eigenvalue weighted by atomic mass is 32.1. The fourth-order valence-corrected chi connectivity index (χ4v) is 6.99. The van der Waals surface area contributed by atoms with Crippen molar-refractivity contribution < 1.29 is 23.9 Å². The number of carbonyl (C=O) groups is 1.